The van der Waals surface area contributed by atoms with Gasteiger partial charge < -0.3 is 4.74 Å². The summed E-state index contributed by atoms with van der Waals surface area (Å²) in [6.45, 7) is 3.06. The van der Waals surface area contributed by atoms with Gasteiger partial charge >= 0.3 is 42.5 Å². The fourth-order valence-corrected chi connectivity index (χ4v) is 4.36. The third-order valence-electron chi connectivity index (χ3n) is 6.79. The summed E-state index contributed by atoms with van der Waals surface area (Å²) < 4.78 is 207. The van der Waals surface area contributed by atoms with E-state index in [2.05, 4.69) is 4.74 Å². The van der Waals surface area contributed by atoms with E-state index in [1.54, 1.807) is 0 Å². The molecule has 0 atom stereocenters. The highest BCUT2D eigenvalue weighted by atomic mass is 19.4. The predicted molar refractivity (Wildman–Crippen MR) is 91.1 cm³/mol. The van der Waals surface area contributed by atoms with E-state index in [9.17, 15) is 70.7 Å². The number of alkyl halides is 15. The summed E-state index contributed by atoms with van der Waals surface area (Å²) in [4.78, 5) is 12.2. The maximum Gasteiger partial charge on any atom is 0.437 e. The lowest BCUT2D eigenvalue weighted by Crippen LogP contribution is -2.67. The molecule has 0 N–H and O–H groups in total. The van der Waals surface area contributed by atoms with Gasteiger partial charge in [0, 0.05) is 5.92 Å². The zero-order valence-electron chi connectivity index (χ0n) is 18.7. The first-order valence-corrected chi connectivity index (χ1v) is 10.2. The minimum atomic E-state index is -7.02. The van der Waals surface area contributed by atoms with Gasteiger partial charge in [-0.3, -0.25) is 4.79 Å². The topological polar surface area (TPSA) is 26.3 Å². The van der Waals surface area contributed by atoms with Gasteiger partial charge in [-0.25, -0.2) is 0 Å². The lowest BCUT2D eigenvalue weighted by atomic mass is 9.62. The van der Waals surface area contributed by atoms with Gasteiger partial charge in [-0.2, -0.15) is 65.9 Å². The van der Waals surface area contributed by atoms with Crippen LogP contribution >= 0.6 is 0 Å². The van der Waals surface area contributed by atoms with Crippen molar-refractivity contribution in [3.63, 3.8) is 0 Å². The van der Waals surface area contributed by atoms with Crippen molar-refractivity contribution in [2.45, 2.75) is 89.4 Å². The molecule has 0 amide bonds. The fourth-order valence-electron chi connectivity index (χ4n) is 4.36. The summed E-state index contributed by atoms with van der Waals surface area (Å²) in [5.41, 5.74) is -13.7. The van der Waals surface area contributed by atoms with Crippen molar-refractivity contribution in [3.05, 3.63) is 0 Å². The lowest BCUT2D eigenvalue weighted by Gasteiger charge is -2.49. The number of esters is 1. The number of hydrogen-bond acceptors (Lipinski definition) is 2. The summed E-state index contributed by atoms with van der Waals surface area (Å²) in [6.07, 6.45) is -41.9. The van der Waals surface area contributed by atoms with E-state index < -0.39 is 90.8 Å². The molecule has 0 unspecified atom stereocenters. The summed E-state index contributed by atoms with van der Waals surface area (Å²) in [6, 6.07) is 0. The lowest BCUT2D eigenvalue weighted by molar-refractivity contribution is -0.447. The minimum absolute atomic E-state index is 0.324. The number of carbonyl (C=O) groups is 1. The highest BCUT2D eigenvalue weighted by molar-refractivity contribution is 5.76. The number of ether oxygens (including phenoxy) is 1. The molecule has 0 radical (unpaired) electrons. The van der Waals surface area contributed by atoms with E-state index in [1.807, 2.05) is 0 Å². The van der Waals surface area contributed by atoms with Crippen molar-refractivity contribution >= 4 is 5.97 Å². The Kier molecular flexibility index (Phi) is 8.39. The van der Waals surface area contributed by atoms with Gasteiger partial charge in [0.2, 0.25) is 0 Å². The van der Waals surface area contributed by atoms with Gasteiger partial charge in [0.15, 0.2) is 0 Å². The van der Waals surface area contributed by atoms with E-state index in [0.29, 0.717) is 0 Å². The molecule has 0 aromatic carbocycles. The van der Waals surface area contributed by atoms with Crippen LogP contribution < -0.4 is 0 Å². The van der Waals surface area contributed by atoms with E-state index >= 15 is 0 Å². The van der Waals surface area contributed by atoms with E-state index in [-0.39, 0.29) is 6.42 Å². The second-order valence-electron chi connectivity index (χ2n) is 9.21. The molecule has 1 saturated carbocycles. The van der Waals surface area contributed by atoms with Gasteiger partial charge in [0.05, 0.1) is 5.41 Å². The maximum atomic E-state index is 13.9. The van der Waals surface area contributed by atoms with Gasteiger partial charge in [0.25, 0.3) is 5.41 Å². The molecule has 0 aliphatic heterocycles. The zero-order chi connectivity index (χ0) is 29.0. The molecule has 1 rings (SSSR count). The number of carbonyl (C=O) groups excluding carboxylic acids is 1. The van der Waals surface area contributed by atoms with Gasteiger partial charge in [0.1, 0.15) is 0 Å². The molecular weight excluding hydrogens is 545 g/mol. The molecule has 1 aliphatic carbocycles. The van der Waals surface area contributed by atoms with Crippen LogP contribution in [0.3, 0.4) is 0 Å². The van der Waals surface area contributed by atoms with Crippen LogP contribution in [-0.4, -0.2) is 42.5 Å². The molecule has 0 aromatic rings. The Labute approximate surface area is 194 Å². The van der Waals surface area contributed by atoms with Crippen LogP contribution in [0, 0.1) is 22.7 Å². The Balaban J connectivity index is 3.64. The second-order valence-corrected chi connectivity index (χ2v) is 9.21. The number of halogens is 15. The van der Waals surface area contributed by atoms with Crippen molar-refractivity contribution in [1.82, 2.24) is 0 Å². The van der Waals surface area contributed by atoms with Crippen LogP contribution in [0.5, 0.6) is 0 Å². The molecule has 0 spiro atoms. The Morgan fingerprint density at radius 2 is 0.917 bits per heavy atom. The van der Waals surface area contributed by atoms with Crippen LogP contribution in [0.25, 0.3) is 0 Å². The van der Waals surface area contributed by atoms with Gasteiger partial charge in [-0.1, -0.05) is 6.92 Å². The highest BCUT2D eigenvalue weighted by Gasteiger charge is 2.86. The molecule has 0 heterocycles. The van der Waals surface area contributed by atoms with Crippen molar-refractivity contribution in [1.29, 1.82) is 0 Å². The quantitative estimate of drug-likeness (QED) is 0.247. The van der Waals surface area contributed by atoms with Crippen molar-refractivity contribution in [2.24, 2.45) is 22.7 Å². The Bertz CT molecular complexity index is 725. The van der Waals surface area contributed by atoms with Crippen molar-refractivity contribution in [3.8, 4) is 0 Å². The molecule has 2 nitrogen and oxygen atoms in total. The average molecular weight is 566 g/mol. The van der Waals surface area contributed by atoms with Gasteiger partial charge in [-0.15, -0.1) is 0 Å². The largest absolute Gasteiger partial charge is 0.439 e. The van der Waals surface area contributed by atoms with E-state index in [0.717, 1.165) is 13.8 Å². The van der Waals surface area contributed by atoms with E-state index in [4.69, 9.17) is 0 Å². The minimum Gasteiger partial charge on any atom is -0.439 e. The van der Waals surface area contributed by atoms with Crippen LogP contribution in [0.1, 0.15) is 52.9 Å². The van der Waals surface area contributed by atoms with E-state index in [1.165, 1.54) is 6.92 Å². The molecule has 0 saturated heterocycles. The molecular formula is C19H21F15O2. The van der Waals surface area contributed by atoms with Gasteiger partial charge in [-0.05, 0) is 51.9 Å². The van der Waals surface area contributed by atoms with Crippen molar-refractivity contribution in [2.75, 3.05) is 0 Å². The first kappa shape index (κ1) is 32.4. The Morgan fingerprint density at radius 1 is 0.611 bits per heavy atom. The zero-order valence-corrected chi connectivity index (χ0v) is 18.7. The summed E-state index contributed by atoms with van der Waals surface area (Å²) in [5.74, 6) is -8.49. The number of rotatable bonds is 5. The third kappa shape index (κ3) is 5.07. The number of hydrogen-bond donors (Lipinski definition) is 0. The molecule has 1 aliphatic rings. The summed E-state index contributed by atoms with van der Waals surface area (Å²) in [5, 5.41) is 0. The van der Waals surface area contributed by atoms with Crippen LogP contribution in [0.2, 0.25) is 0 Å². The van der Waals surface area contributed by atoms with Crippen LogP contribution in [0.4, 0.5) is 65.9 Å². The third-order valence-corrected chi connectivity index (χ3v) is 6.79. The molecule has 17 heteroatoms. The monoisotopic (exact) mass is 566 g/mol. The summed E-state index contributed by atoms with van der Waals surface area (Å²) in [7, 11) is 0. The standard InChI is InChI=1S/C19H21F15O2/c1-4-12(2,3)11(35)36-14(18(29,30)31,19(32,33)34)10-7-5-9(6-8-10)13(15(20,21)22,16(23,24)25)17(26,27)28/h9-10H,4-8H2,1-3H3. The highest BCUT2D eigenvalue weighted by Crippen LogP contribution is 2.67. The van der Waals surface area contributed by atoms with Crippen molar-refractivity contribution < 1.29 is 75.4 Å². The Morgan fingerprint density at radius 3 is 1.17 bits per heavy atom. The second kappa shape index (κ2) is 9.31. The maximum absolute atomic E-state index is 13.9. The first-order valence-electron chi connectivity index (χ1n) is 10.2. The summed E-state index contributed by atoms with van der Waals surface area (Å²) >= 11 is 0. The molecule has 214 valence electrons. The molecule has 1 fully saturated rings. The Hall–Kier alpha value is -1.58. The fraction of sp³-hybridized carbons (Fsp3) is 0.947. The first-order chi connectivity index (χ1) is 15.6. The average Bonchev–Trinajstić information content (AvgIpc) is 2.61. The smallest absolute Gasteiger partial charge is 0.437 e. The van der Waals surface area contributed by atoms with Crippen LogP contribution in [-0.2, 0) is 9.53 Å². The predicted octanol–water partition coefficient (Wildman–Crippen LogP) is 8.31. The SMILES string of the molecule is CCC(C)(C)C(=O)OC(C1CCC(C(C(F)(F)F)(C(F)(F)F)C(F)(F)F)CC1)(C(F)(F)F)C(F)(F)F. The molecule has 0 bridgehead atoms. The molecule has 0 aromatic heterocycles. The van der Waals surface area contributed by atoms with Crippen LogP contribution in [0.15, 0.2) is 0 Å². The molecule has 36 heavy (non-hydrogen) atoms. The normalized spacial score (nSPS) is 21.9.